The number of aryl methyl sites for hydroxylation is 2. The second kappa shape index (κ2) is 7.09. The van der Waals surface area contributed by atoms with Gasteiger partial charge in [-0.25, -0.2) is 0 Å². The van der Waals surface area contributed by atoms with Crippen LogP contribution in [0.2, 0.25) is 0 Å². The van der Waals surface area contributed by atoms with Crippen molar-refractivity contribution in [2.75, 3.05) is 13.1 Å². The van der Waals surface area contributed by atoms with Crippen LogP contribution in [0.4, 0.5) is 0 Å². The summed E-state index contributed by atoms with van der Waals surface area (Å²) in [5, 5.41) is 6.49. The summed E-state index contributed by atoms with van der Waals surface area (Å²) in [6.45, 7) is 1.90. The largest absolute Gasteiger partial charge is 0.352 e. The number of hydrogen-bond acceptors (Lipinski definition) is 2. The molecule has 0 bridgehead atoms. The third-order valence-corrected chi connectivity index (χ3v) is 4.30. The summed E-state index contributed by atoms with van der Waals surface area (Å²) in [7, 11) is 0. The molecular formula is C16H23ClN2O. The Morgan fingerprint density at radius 3 is 2.90 bits per heavy atom. The van der Waals surface area contributed by atoms with Gasteiger partial charge < -0.3 is 10.6 Å². The standard InChI is InChI=1S/C16H22N2O.ClH/c19-16(18-10-8-15-5-2-9-17-15)14-7-6-12-3-1-4-13(12)11-14;/h6-7,11,15,17H,1-5,8-10H2,(H,18,19);1H/t15-;/m1./s1. The molecule has 2 N–H and O–H groups in total. The van der Waals surface area contributed by atoms with Crippen molar-refractivity contribution in [2.45, 2.75) is 44.6 Å². The Hall–Kier alpha value is -1.06. The van der Waals surface area contributed by atoms with Crippen molar-refractivity contribution in [2.24, 2.45) is 0 Å². The Balaban J connectivity index is 0.00000147. The van der Waals surface area contributed by atoms with E-state index in [4.69, 9.17) is 0 Å². The van der Waals surface area contributed by atoms with E-state index in [0.29, 0.717) is 6.04 Å². The van der Waals surface area contributed by atoms with Gasteiger partial charge in [0.2, 0.25) is 0 Å². The maximum atomic E-state index is 12.1. The molecule has 1 atom stereocenters. The maximum absolute atomic E-state index is 12.1. The van der Waals surface area contributed by atoms with Crippen LogP contribution in [0.25, 0.3) is 0 Å². The molecule has 1 amide bonds. The number of amides is 1. The molecule has 20 heavy (non-hydrogen) atoms. The van der Waals surface area contributed by atoms with Crippen LogP contribution in [0.15, 0.2) is 18.2 Å². The third-order valence-electron chi connectivity index (χ3n) is 4.30. The fraction of sp³-hybridized carbons (Fsp3) is 0.562. The first-order valence-electron chi connectivity index (χ1n) is 7.46. The summed E-state index contributed by atoms with van der Waals surface area (Å²) < 4.78 is 0. The molecule has 4 heteroatoms. The molecule has 1 heterocycles. The SMILES string of the molecule is Cl.O=C(NCC[C@H]1CCCN1)c1ccc2c(c1)CCC2. The minimum atomic E-state index is 0. The molecule has 0 radical (unpaired) electrons. The van der Waals surface area contributed by atoms with E-state index in [1.54, 1.807) is 0 Å². The van der Waals surface area contributed by atoms with Gasteiger partial charge in [-0.3, -0.25) is 4.79 Å². The first-order chi connectivity index (χ1) is 9.33. The molecule has 1 aromatic rings. The molecule has 1 saturated heterocycles. The van der Waals surface area contributed by atoms with Gasteiger partial charge in [0.05, 0.1) is 0 Å². The average molecular weight is 295 g/mol. The zero-order valence-electron chi connectivity index (χ0n) is 11.8. The average Bonchev–Trinajstić information content (AvgIpc) is 3.08. The number of carbonyl (C=O) groups excluding carboxylic acids is 1. The van der Waals surface area contributed by atoms with E-state index in [0.717, 1.165) is 31.5 Å². The molecule has 1 aliphatic carbocycles. The van der Waals surface area contributed by atoms with E-state index in [1.165, 1.54) is 36.8 Å². The van der Waals surface area contributed by atoms with Crippen molar-refractivity contribution in [1.29, 1.82) is 0 Å². The topological polar surface area (TPSA) is 41.1 Å². The second-order valence-corrected chi connectivity index (χ2v) is 5.67. The number of rotatable bonds is 4. The van der Waals surface area contributed by atoms with E-state index < -0.39 is 0 Å². The zero-order valence-corrected chi connectivity index (χ0v) is 12.6. The van der Waals surface area contributed by atoms with Crippen LogP contribution in [-0.2, 0) is 12.8 Å². The predicted molar refractivity (Wildman–Crippen MR) is 83.7 cm³/mol. The Labute approximate surface area is 126 Å². The lowest BCUT2D eigenvalue weighted by molar-refractivity contribution is 0.0952. The Morgan fingerprint density at radius 2 is 2.10 bits per heavy atom. The molecule has 1 aromatic carbocycles. The highest BCUT2D eigenvalue weighted by molar-refractivity contribution is 5.94. The summed E-state index contributed by atoms with van der Waals surface area (Å²) in [6, 6.07) is 6.76. The van der Waals surface area contributed by atoms with Crippen LogP contribution in [0.3, 0.4) is 0 Å². The summed E-state index contributed by atoms with van der Waals surface area (Å²) in [6.07, 6.45) is 7.08. The molecular weight excluding hydrogens is 272 g/mol. The molecule has 110 valence electrons. The lowest BCUT2D eigenvalue weighted by atomic mass is 10.1. The fourth-order valence-corrected chi connectivity index (χ4v) is 3.18. The maximum Gasteiger partial charge on any atom is 0.251 e. The van der Waals surface area contributed by atoms with Crippen molar-refractivity contribution in [3.8, 4) is 0 Å². The second-order valence-electron chi connectivity index (χ2n) is 5.67. The van der Waals surface area contributed by atoms with Gasteiger partial charge in [0, 0.05) is 18.2 Å². The van der Waals surface area contributed by atoms with E-state index in [9.17, 15) is 4.79 Å². The van der Waals surface area contributed by atoms with Crippen LogP contribution in [0.1, 0.15) is 47.2 Å². The normalized spacial score (nSPS) is 20.3. The first kappa shape index (κ1) is 15.3. The van der Waals surface area contributed by atoms with Crippen LogP contribution in [0, 0.1) is 0 Å². The van der Waals surface area contributed by atoms with Crippen LogP contribution >= 0.6 is 12.4 Å². The number of benzene rings is 1. The van der Waals surface area contributed by atoms with Crippen molar-refractivity contribution < 1.29 is 4.79 Å². The van der Waals surface area contributed by atoms with Crippen molar-refractivity contribution >= 4 is 18.3 Å². The van der Waals surface area contributed by atoms with Gasteiger partial charge in [-0.05, 0) is 68.3 Å². The van der Waals surface area contributed by atoms with Crippen molar-refractivity contribution in [1.82, 2.24) is 10.6 Å². The van der Waals surface area contributed by atoms with E-state index >= 15 is 0 Å². The van der Waals surface area contributed by atoms with Crippen LogP contribution in [0.5, 0.6) is 0 Å². The Bertz CT molecular complexity index is 470. The van der Waals surface area contributed by atoms with E-state index in [1.807, 2.05) is 6.07 Å². The van der Waals surface area contributed by atoms with Gasteiger partial charge in [-0.1, -0.05) is 6.07 Å². The molecule has 0 aromatic heterocycles. The summed E-state index contributed by atoms with van der Waals surface area (Å²) in [5.74, 6) is 0.0766. The predicted octanol–water partition coefficient (Wildman–Crippen LogP) is 2.47. The smallest absolute Gasteiger partial charge is 0.251 e. The van der Waals surface area contributed by atoms with Gasteiger partial charge >= 0.3 is 0 Å². The molecule has 3 rings (SSSR count). The van der Waals surface area contributed by atoms with Crippen LogP contribution in [-0.4, -0.2) is 25.0 Å². The molecule has 0 spiro atoms. The van der Waals surface area contributed by atoms with E-state index in [2.05, 4.69) is 22.8 Å². The molecule has 3 nitrogen and oxygen atoms in total. The first-order valence-corrected chi connectivity index (χ1v) is 7.46. The summed E-state index contributed by atoms with van der Waals surface area (Å²) >= 11 is 0. The van der Waals surface area contributed by atoms with Gasteiger partial charge in [-0.2, -0.15) is 0 Å². The Morgan fingerprint density at radius 1 is 1.25 bits per heavy atom. The molecule has 0 unspecified atom stereocenters. The van der Waals surface area contributed by atoms with Crippen LogP contribution < -0.4 is 10.6 Å². The molecule has 0 saturated carbocycles. The highest BCUT2D eigenvalue weighted by Crippen LogP contribution is 2.22. The lowest BCUT2D eigenvalue weighted by Crippen LogP contribution is -2.30. The number of nitrogens with one attached hydrogen (secondary N) is 2. The molecule has 1 fully saturated rings. The van der Waals surface area contributed by atoms with E-state index in [-0.39, 0.29) is 18.3 Å². The van der Waals surface area contributed by atoms with Gasteiger partial charge in [0.15, 0.2) is 0 Å². The number of hydrogen-bond donors (Lipinski definition) is 2. The minimum absolute atomic E-state index is 0. The number of halogens is 1. The zero-order chi connectivity index (χ0) is 13.1. The van der Waals surface area contributed by atoms with Gasteiger partial charge in [0.1, 0.15) is 0 Å². The number of carbonyl (C=O) groups is 1. The lowest BCUT2D eigenvalue weighted by Gasteiger charge is -2.11. The van der Waals surface area contributed by atoms with Crippen molar-refractivity contribution in [3.63, 3.8) is 0 Å². The molecule has 2 aliphatic rings. The minimum Gasteiger partial charge on any atom is -0.352 e. The highest BCUT2D eigenvalue weighted by atomic mass is 35.5. The van der Waals surface area contributed by atoms with Crippen molar-refractivity contribution in [3.05, 3.63) is 34.9 Å². The van der Waals surface area contributed by atoms with Gasteiger partial charge in [0.25, 0.3) is 5.91 Å². The summed E-state index contributed by atoms with van der Waals surface area (Å²) in [5.41, 5.74) is 3.61. The fourth-order valence-electron chi connectivity index (χ4n) is 3.18. The monoisotopic (exact) mass is 294 g/mol. The molecule has 1 aliphatic heterocycles. The highest BCUT2D eigenvalue weighted by Gasteiger charge is 2.15. The summed E-state index contributed by atoms with van der Waals surface area (Å²) in [4.78, 5) is 12.1. The van der Waals surface area contributed by atoms with Gasteiger partial charge in [-0.15, -0.1) is 12.4 Å². The quantitative estimate of drug-likeness (QED) is 0.896. The third kappa shape index (κ3) is 3.53. The Kier molecular flexibility index (Phi) is 5.44. The number of fused-ring (bicyclic) bond motifs is 1.